The Morgan fingerprint density at radius 3 is 2.93 bits per heavy atom. The Morgan fingerprint density at radius 1 is 1.43 bits per heavy atom. The molecule has 0 unspecified atom stereocenters. The minimum atomic E-state index is 0.144. The first-order chi connectivity index (χ1) is 6.79. The SMILES string of the molecule is O=Cc1cn(-c2cccc(O)c2)nn1. The average molecular weight is 189 g/mol. The predicted molar refractivity (Wildman–Crippen MR) is 48.4 cm³/mol. The maximum absolute atomic E-state index is 10.4. The van der Waals surface area contributed by atoms with Crippen LogP contribution < -0.4 is 0 Å². The molecule has 0 aliphatic rings. The van der Waals surface area contributed by atoms with E-state index < -0.39 is 0 Å². The van der Waals surface area contributed by atoms with Gasteiger partial charge in [-0.3, -0.25) is 4.79 Å². The second-order valence-corrected chi connectivity index (χ2v) is 2.73. The summed E-state index contributed by atoms with van der Waals surface area (Å²) in [6.07, 6.45) is 2.11. The zero-order valence-electron chi connectivity index (χ0n) is 7.16. The minimum absolute atomic E-state index is 0.144. The van der Waals surface area contributed by atoms with Crippen LogP contribution in [0.2, 0.25) is 0 Å². The molecule has 0 spiro atoms. The molecule has 0 fully saturated rings. The molecule has 1 heterocycles. The van der Waals surface area contributed by atoms with Gasteiger partial charge in [0.1, 0.15) is 11.4 Å². The number of phenolic OH excluding ortho intramolecular Hbond substituents is 1. The predicted octanol–water partition coefficient (Wildman–Crippen LogP) is 0.785. The largest absolute Gasteiger partial charge is 0.508 e. The average Bonchev–Trinajstić information content (AvgIpc) is 2.66. The smallest absolute Gasteiger partial charge is 0.171 e. The fourth-order valence-electron chi connectivity index (χ4n) is 1.09. The molecule has 1 aromatic heterocycles. The van der Waals surface area contributed by atoms with Crippen LogP contribution in [0, 0.1) is 0 Å². The molecule has 5 nitrogen and oxygen atoms in total. The molecule has 2 rings (SSSR count). The molecular weight excluding hydrogens is 182 g/mol. The van der Waals surface area contributed by atoms with Crippen molar-refractivity contribution in [1.82, 2.24) is 15.0 Å². The van der Waals surface area contributed by atoms with Crippen LogP contribution in [0.25, 0.3) is 5.69 Å². The van der Waals surface area contributed by atoms with E-state index >= 15 is 0 Å². The third-order valence-corrected chi connectivity index (χ3v) is 1.73. The zero-order chi connectivity index (χ0) is 9.97. The number of benzene rings is 1. The van der Waals surface area contributed by atoms with Gasteiger partial charge in [0.2, 0.25) is 0 Å². The summed E-state index contributed by atoms with van der Waals surface area (Å²) in [5.41, 5.74) is 0.916. The Hall–Kier alpha value is -2.17. The number of aromatic nitrogens is 3. The molecule has 5 heteroatoms. The summed E-state index contributed by atoms with van der Waals surface area (Å²) < 4.78 is 1.42. The third-order valence-electron chi connectivity index (χ3n) is 1.73. The van der Waals surface area contributed by atoms with Crippen molar-refractivity contribution in [2.75, 3.05) is 0 Å². The lowest BCUT2D eigenvalue weighted by atomic mass is 10.3. The van der Waals surface area contributed by atoms with Crippen molar-refractivity contribution >= 4 is 6.29 Å². The number of phenols is 1. The summed E-state index contributed by atoms with van der Waals surface area (Å²) in [5, 5.41) is 16.5. The Kier molecular flexibility index (Phi) is 1.98. The van der Waals surface area contributed by atoms with Gasteiger partial charge < -0.3 is 5.11 Å². The molecule has 0 saturated carbocycles. The van der Waals surface area contributed by atoms with Crippen LogP contribution in [-0.4, -0.2) is 26.4 Å². The van der Waals surface area contributed by atoms with Crippen LogP contribution in [0.15, 0.2) is 30.5 Å². The van der Waals surface area contributed by atoms with Crippen molar-refractivity contribution in [3.05, 3.63) is 36.2 Å². The maximum atomic E-state index is 10.4. The molecule has 1 aromatic carbocycles. The highest BCUT2D eigenvalue weighted by atomic mass is 16.3. The van der Waals surface area contributed by atoms with Crippen molar-refractivity contribution < 1.29 is 9.90 Å². The maximum Gasteiger partial charge on any atom is 0.171 e. The summed E-state index contributed by atoms with van der Waals surface area (Å²) in [5.74, 6) is 0.144. The molecule has 14 heavy (non-hydrogen) atoms. The molecule has 1 N–H and O–H groups in total. The van der Waals surface area contributed by atoms with Crippen LogP contribution in [0.5, 0.6) is 5.75 Å². The molecule has 0 atom stereocenters. The van der Waals surface area contributed by atoms with Crippen LogP contribution >= 0.6 is 0 Å². The molecule has 0 aliphatic heterocycles. The van der Waals surface area contributed by atoms with E-state index in [-0.39, 0.29) is 11.4 Å². The first-order valence-corrected chi connectivity index (χ1v) is 3.96. The van der Waals surface area contributed by atoms with Gasteiger partial charge in [0.15, 0.2) is 6.29 Å². The van der Waals surface area contributed by atoms with Gasteiger partial charge in [-0.05, 0) is 12.1 Å². The number of aromatic hydroxyl groups is 1. The standard InChI is InChI=1S/C9H7N3O2/c13-6-7-5-12(11-10-7)8-2-1-3-9(14)4-8/h1-6,14H. The fourth-order valence-corrected chi connectivity index (χ4v) is 1.09. The van der Waals surface area contributed by atoms with Gasteiger partial charge in [0.25, 0.3) is 0 Å². The van der Waals surface area contributed by atoms with E-state index in [1.165, 1.54) is 16.9 Å². The molecule has 0 aliphatic carbocycles. The summed E-state index contributed by atoms with van der Waals surface area (Å²) in [4.78, 5) is 10.4. The molecular formula is C9H7N3O2. The zero-order valence-corrected chi connectivity index (χ0v) is 7.16. The molecule has 0 saturated heterocycles. The van der Waals surface area contributed by atoms with E-state index in [1.807, 2.05) is 0 Å². The molecule has 2 aromatic rings. The van der Waals surface area contributed by atoms with Crippen LogP contribution in [0.3, 0.4) is 0 Å². The Morgan fingerprint density at radius 2 is 2.29 bits per heavy atom. The summed E-state index contributed by atoms with van der Waals surface area (Å²) in [6, 6.07) is 6.53. The van der Waals surface area contributed by atoms with E-state index in [0.29, 0.717) is 12.0 Å². The number of hydrogen-bond acceptors (Lipinski definition) is 4. The van der Waals surface area contributed by atoms with Gasteiger partial charge in [-0.15, -0.1) is 5.10 Å². The molecule has 0 amide bonds. The highest BCUT2D eigenvalue weighted by Gasteiger charge is 2.01. The van der Waals surface area contributed by atoms with Crippen molar-refractivity contribution in [2.24, 2.45) is 0 Å². The van der Waals surface area contributed by atoms with Crippen LogP contribution in [0.4, 0.5) is 0 Å². The van der Waals surface area contributed by atoms with Gasteiger partial charge in [0, 0.05) is 6.07 Å². The molecule has 0 radical (unpaired) electrons. The highest BCUT2D eigenvalue weighted by molar-refractivity contribution is 5.70. The van der Waals surface area contributed by atoms with Gasteiger partial charge >= 0.3 is 0 Å². The number of aldehydes is 1. The minimum Gasteiger partial charge on any atom is -0.508 e. The monoisotopic (exact) mass is 189 g/mol. The summed E-state index contributed by atoms with van der Waals surface area (Å²) in [6.45, 7) is 0. The second-order valence-electron chi connectivity index (χ2n) is 2.73. The Labute approximate surface area is 79.6 Å². The topological polar surface area (TPSA) is 68.0 Å². The first kappa shape index (κ1) is 8.43. The third kappa shape index (κ3) is 1.47. The quantitative estimate of drug-likeness (QED) is 0.709. The van der Waals surface area contributed by atoms with Gasteiger partial charge in [0.05, 0.1) is 11.9 Å². The highest BCUT2D eigenvalue weighted by Crippen LogP contribution is 2.13. The number of carbonyl (C=O) groups is 1. The number of nitrogens with zero attached hydrogens (tertiary/aromatic N) is 3. The Balaban J connectivity index is 2.43. The van der Waals surface area contributed by atoms with E-state index in [1.54, 1.807) is 18.2 Å². The summed E-state index contributed by atoms with van der Waals surface area (Å²) >= 11 is 0. The second kappa shape index (κ2) is 3.29. The van der Waals surface area contributed by atoms with Crippen molar-refractivity contribution in [3.63, 3.8) is 0 Å². The van der Waals surface area contributed by atoms with Gasteiger partial charge in [-0.2, -0.15) is 0 Å². The summed E-state index contributed by atoms with van der Waals surface area (Å²) in [7, 11) is 0. The van der Waals surface area contributed by atoms with Crippen molar-refractivity contribution in [1.29, 1.82) is 0 Å². The lowest BCUT2D eigenvalue weighted by molar-refractivity contribution is 0.111. The van der Waals surface area contributed by atoms with Crippen molar-refractivity contribution in [3.8, 4) is 11.4 Å². The van der Waals surface area contributed by atoms with Gasteiger partial charge in [-0.25, -0.2) is 4.68 Å². The fraction of sp³-hybridized carbons (Fsp3) is 0. The van der Waals surface area contributed by atoms with E-state index in [2.05, 4.69) is 10.3 Å². The van der Waals surface area contributed by atoms with Crippen molar-refractivity contribution in [2.45, 2.75) is 0 Å². The van der Waals surface area contributed by atoms with Crippen LogP contribution in [-0.2, 0) is 0 Å². The number of hydrogen-bond donors (Lipinski definition) is 1. The molecule has 70 valence electrons. The lowest BCUT2D eigenvalue weighted by Gasteiger charge is -1.98. The molecule has 0 bridgehead atoms. The van der Waals surface area contributed by atoms with Gasteiger partial charge in [-0.1, -0.05) is 11.3 Å². The normalized spacial score (nSPS) is 10.0. The van der Waals surface area contributed by atoms with E-state index in [0.717, 1.165) is 0 Å². The first-order valence-electron chi connectivity index (χ1n) is 3.96. The number of rotatable bonds is 2. The Bertz CT molecular complexity index is 465. The lowest BCUT2D eigenvalue weighted by Crippen LogP contribution is -1.93. The van der Waals surface area contributed by atoms with E-state index in [9.17, 15) is 9.90 Å². The van der Waals surface area contributed by atoms with Crippen LogP contribution in [0.1, 0.15) is 10.5 Å². The van der Waals surface area contributed by atoms with E-state index in [4.69, 9.17) is 0 Å². The number of carbonyl (C=O) groups excluding carboxylic acids is 1.